The molecule has 0 spiro atoms. The Balaban J connectivity index is 2.45. The van der Waals surface area contributed by atoms with Gasteiger partial charge >= 0.3 is 5.69 Å². The third-order valence-electron chi connectivity index (χ3n) is 2.44. The topological polar surface area (TPSA) is 93.0 Å². The summed E-state index contributed by atoms with van der Waals surface area (Å²) in [4.78, 5) is 18.0. The van der Waals surface area contributed by atoms with Crippen molar-refractivity contribution in [3.63, 3.8) is 0 Å². The van der Waals surface area contributed by atoms with Crippen molar-refractivity contribution in [2.75, 3.05) is 17.7 Å². The number of nitro groups is 1. The van der Waals surface area contributed by atoms with Gasteiger partial charge < -0.3 is 10.6 Å². The lowest BCUT2D eigenvalue weighted by Gasteiger charge is -2.09. The second-order valence-electron chi connectivity index (χ2n) is 3.81. The Kier molecular flexibility index (Phi) is 4.39. The number of aromatic nitrogens is 2. The Morgan fingerprint density at radius 3 is 2.48 bits per heavy atom. The summed E-state index contributed by atoms with van der Waals surface area (Å²) < 4.78 is 13.3. The minimum atomic E-state index is -0.767. The molecular formula is C11H8Cl2FN5O2. The summed E-state index contributed by atoms with van der Waals surface area (Å²) in [7, 11) is 1.57. The van der Waals surface area contributed by atoms with Gasteiger partial charge in [0.15, 0.2) is 5.82 Å². The normalized spacial score (nSPS) is 10.3. The van der Waals surface area contributed by atoms with Crippen LogP contribution in [0.2, 0.25) is 10.0 Å². The van der Waals surface area contributed by atoms with Gasteiger partial charge in [0.2, 0.25) is 11.8 Å². The maximum atomic E-state index is 13.3. The first kappa shape index (κ1) is 15.2. The molecule has 0 bridgehead atoms. The van der Waals surface area contributed by atoms with E-state index >= 15 is 0 Å². The number of nitrogens with one attached hydrogen (secondary N) is 2. The van der Waals surface area contributed by atoms with E-state index in [-0.39, 0.29) is 33.2 Å². The molecule has 0 aliphatic carbocycles. The predicted octanol–water partition coefficient (Wildman–Crippen LogP) is 3.62. The van der Waals surface area contributed by atoms with Crippen molar-refractivity contribution in [3.05, 3.63) is 44.3 Å². The standard InChI is InChI=1S/C11H8Cl2FN5O2/c1-15-11-16-4-8(19(20)21)10(18-11)17-5-2-6(12)9(14)7(13)3-5/h2-4H,1H3,(H2,15,16,17,18). The Hall–Kier alpha value is -2.19. The summed E-state index contributed by atoms with van der Waals surface area (Å²) in [5.74, 6) is -0.655. The molecule has 0 saturated carbocycles. The van der Waals surface area contributed by atoms with Gasteiger partial charge in [-0.2, -0.15) is 4.98 Å². The van der Waals surface area contributed by atoms with E-state index in [1.165, 1.54) is 12.1 Å². The molecule has 2 rings (SSSR count). The zero-order valence-electron chi connectivity index (χ0n) is 10.5. The molecule has 0 unspecified atom stereocenters. The molecular weight excluding hydrogens is 324 g/mol. The van der Waals surface area contributed by atoms with E-state index < -0.39 is 10.7 Å². The van der Waals surface area contributed by atoms with Crippen LogP contribution in [-0.2, 0) is 0 Å². The molecule has 0 aliphatic heterocycles. The van der Waals surface area contributed by atoms with E-state index in [2.05, 4.69) is 20.6 Å². The fourth-order valence-electron chi connectivity index (χ4n) is 1.49. The van der Waals surface area contributed by atoms with Gasteiger partial charge in [0.1, 0.15) is 6.20 Å². The van der Waals surface area contributed by atoms with Gasteiger partial charge in [-0.1, -0.05) is 23.2 Å². The van der Waals surface area contributed by atoms with E-state index in [0.29, 0.717) is 0 Å². The molecule has 10 heteroatoms. The van der Waals surface area contributed by atoms with Crippen LogP contribution in [0, 0.1) is 15.9 Å². The predicted molar refractivity (Wildman–Crippen MR) is 77.9 cm³/mol. The highest BCUT2D eigenvalue weighted by molar-refractivity contribution is 6.35. The molecule has 2 aromatic rings. The van der Waals surface area contributed by atoms with Crippen LogP contribution in [0.5, 0.6) is 0 Å². The highest BCUT2D eigenvalue weighted by atomic mass is 35.5. The van der Waals surface area contributed by atoms with Crippen molar-refractivity contribution < 1.29 is 9.31 Å². The SMILES string of the molecule is CNc1ncc([N+](=O)[O-])c(Nc2cc(Cl)c(F)c(Cl)c2)n1. The van der Waals surface area contributed by atoms with Crippen LogP contribution in [-0.4, -0.2) is 21.9 Å². The van der Waals surface area contributed by atoms with E-state index in [1.807, 2.05) is 0 Å². The summed E-state index contributed by atoms with van der Waals surface area (Å²) in [6.07, 6.45) is 1.05. The molecule has 0 saturated heterocycles. The quantitative estimate of drug-likeness (QED) is 0.505. The van der Waals surface area contributed by atoms with Crippen molar-refractivity contribution in [3.8, 4) is 0 Å². The van der Waals surface area contributed by atoms with Crippen molar-refractivity contribution in [1.82, 2.24) is 9.97 Å². The summed E-state index contributed by atoms with van der Waals surface area (Å²) in [6.45, 7) is 0. The summed E-state index contributed by atoms with van der Waals surface area (Å²) in [6, 6.07) is 2.49. The van der Waals surface area contributed by atoms with E-state index in [4.69, 9.17) is 23.2 Å². The van der Waals surface area contributed by atoms with Gasteiger partial charge in [0, 0.05) is 12.7 Å². The fraction of sp³-hybridized carbons (Fsp3) is 0.0909. The van der Waals surface area contributed by atoms with Crippen LogP contribution in [0.15, 0.2) is 18.3 Å². The average molecular weight is 332 g/mol. The molecule has 0 radical (unpaired) electrons. The lowest BCUT2D eigenvalue weighted by atomic mass is 10.3. The number of halogens is 3. The molecule has 1 aromatic heterocycles. The molecule has 0 aliphatic rings. The van der Waals surface area contributed by atoms with Gasteiger partial charge in [-0.25, -0.2) is 9.37 Å². The molecule has 0 amide bonds. The van der Waals surface area contributed by atoms with Crippen LogP contribution in [0.4, 0.5) is 27.5 Å². The van der Waals surface area contributed by atoms with E-state index in [9.17, 15) is 14.5 Å². The van der Waals surface area contributed by atoms with Crippen molar-refractivity contribution in [2.45, 2.75) is 0 Å². The third kappa shape index (κ3) is 3.29. The van der Waals surface area contributed by atoms with Gasteiger partial charge in [0.25, 0.3) is 0 Å². The van der Waals surface area contributed by atoms with Crippen molar-refractivity contribution >= 4 is 46.3 Å². The Labute approximate surface area is 128 Å². The van der Waals surface area contributed by atoms with E-state index in [1.54, 1.807) is 7.05 Å². The molecule has 1 heterocycles. The first-order valence-corrected chi connectivity index (χ1v) is 6.28. The molecule has 7 nitrogen and oxygen atoms in total. The minimum absolute atomic E-state index is 0.0712. The molecule has 1 aromatic carbocycles. The molecule has 21 heavy (non-hydrogen) atoms. The number of rotatable bonds is 4. The summed E-state index contributed by atoms with van der Waals surface area (Å²) in [5, 5.41) is 15.9. The highest BCUT2D eigenvalue weighted by Crippen LogP contribution is 2.31. The lowest BCUT2D eigenvalue weighted by molar-refractivity contribution is -0.384. The third-order valence-corrected chi connectivity index (χ3v) is 2.99. The molecule has 110 valence electrons. The molecule has 2 N–H and O–H groups in total. The van der Waals surface area contributed by atoms with Gasteiger partial charge in [0.05, 0.1) is 15.0 Å². The summed E-state index contributed by atoms with van der Waals surface area (Å²) >= 11 is 11.3. The molecule has 0 fully saturated rings. The van der Waals surface area contributed by atoms with Crippen LogP contribution in [0.25, 0.3) is 0 Å². The van der Waals surface area contributed by atoms with Crippen molar-refractivity contribution in [2.24, 2.45) is 0 Å². The number of hydrogen-bond acceptors (Lipinski definition) is 6. The van der Waals surface area contributed by atoms with E-state index in [0.717, 1.165) is 6.20 Å². The minimum Gasteiger partial charge on any atom is -0.357 e. The molecule has 0 atom stereocenters. The Morgan fingerprint density at radius 1 is 1.33 bits per heavy atom. The number of nitrogens with zero attached hydrogens (tertiary/aromatic N) is 3. The Morgan fingerprint density at radius 2 is 1.95 bits per heavy atom. The van der Waals surface area contributed by atoms with Gasteiger partial charge in [-0.15, -0.1) is 0 Å². The lowest BCUT2D eigenvalue weighted by Crippen LogP contribution is -2.04. The maximum absolute atomic E-state index is 13.3. The van der Waals surface area contributed by atoms with Crippen LogP contribution >= 0.6 is 23.2 Å². The van der Waals surface area contributed by atoms with Crippen LogP contribution in [0.1, 0.15) is 0 Å². The van der Waals surface area contributed by atoms with Gasteiger partial charge in [-0.05, 0) is 12.1 Å². The zero-order chi connectivity index (χ0) is 15.6. The largest absolute Gasteiger partial charge is 0.357 e. The average Bonchev–Trinajstić information content (AvgIpc) is 2.44. The summed E-state index contributed by atoms with van der Waals surface area (Å²) in [5.41, 5.74) is -0.0826. The van der Waals surface area contributed by atoms with Crippen molar-refractivity contribution in [1.29, 1.82) is 0 Å². The smallest absolute Gasteiger partial charge is 0.329 e. The number of anilines is 3. The monoisotopic (exact) mass is 331 g/mol. The Bertz CT molecular complexity index is 690. The highest BCUT2D eigenvalue weighted by Gasteiger charge is 2.18. The maximum Gasteiger partial charge on any atom is 0.329 e. The zero-order valence-corrected chi connectivity index (χ0v) is 12.0. The van der Waals surface area contributed by atoms with Crippen LogP contribution in [0.3, 0.4) is 0 Å². The van der Waals surface area contributed by atoms with Gasteiger partial charge in [-0.3, -0.25) is 10.1 Å². The second-order valence-corrected chi connectivity index (χ2v) is 4.63. The van der Waals surface area contributed by atoms with Crippen LogP contribution < -0.4 is 10.6 Å². The second kappa shape index (κ2) is 6.06. The number of benzene rings is 1. The fourth-order valence-corrected chi connectivity index (χ4v) is 1.97. The number of hydrogen-bond donors (Lipinski definition) is 2. The first-order chi connectivity index (χ1) is 9.92. The first-order valence-electron chi connectivity index (χ1n) is 5.53.